The summed E-state index contributed by atoms with van der Waals surface area (Å²) >= 11 is 0. The molecule has 2 rings (SSSR count). The second-order valence-electron chi connectivity index (χ2n) is 5.77. The van der Waals surface area contributed by atoms with Crippen LogP contribution in [0.25, 0.3) is 0 Å². The first-order valence-corrected chi connectivity index (χ1v) is 7.46. The van der Waals surface area contributed by atoms with Gasteiger partial charge in [-0.15, -0.1) is 0 Å². The molecule has 0 radical (unpaired) electrons. The molecule has 4 heteroatoms. The van der Waals surface area contributed by atoms with Crippen molar-refractivity contribution in [3.8, 4) is 0 Å². The van der Waals surface area contributed by atoms with Crippen LogP contribution in [-0.2, 0) is 4.79 Å². The average Bonchev–Trinajstić information content (AvgIpc) is 2.62. The second-order valence-corrected chi connectivity index (χ2v) is 5.77. The van der Waals surface area contributed by atoms with E-state index in [-0.39, 0.29) is 11.9 Å². The van der Waals surface area contributed by atoms with Gasteiger partial charge in [-0.2, -0.15) is 0 Å². The number of carbonyl (C=O) groups is 1. The third kappa shape index (κ3) is 3.95. The van der Waals surface area contributed by atoms with Gasteiger partial charge >= 0.3 is 0 Å². The molecule has 2 aliphatic heterocycles. The lowest BCUT2D eigenvalue weighted by Gasteiger charge is -2.29. The molecule has 0 bridgehead atoms. The van der Waals surface area contributed by atoms with E-state index in [2.05, 4.69) is 22.6 Å². The molecule has 1 atom stereocenters. The van der Waals surface area contributed by atoms with Crippen molar-refractivity contribution in [2.75, 3.05) is 33.2 Å². The Balaban J connectivity index is 1.75. The van der Waals surface area contributed by atoms with Crippen LogP contribution < -0.4 is 10.6 Å². The summed E-state index contributed by atoms with van der Waals surface area (Å²) in [6.07, 6.45) is 7.15. The molecule has 0 aliphatic carbocycles. The molecule has 0 saturated carbocycles. The van der Waals surface area contributed by atoms with Gasteiger partial charge in [-0.25, -0.2) is 0 Å². The van der Waals surface area contributed by atoms with Gasteiger partial charge in [-0.1, -0.05) is 0 Å². The van der Waals surface area contributed by atoms with Gasteiger partial charge in [0.1, 0.15) is 0 Å². The monoisotopic (exact) mass is 253 g/mol. The first-order chi connectivity index (χ1) is 8.77. The van der Waals surface area contributed by atoms with Crippen molar-refractivity contribution < 1.29 is 4.79 Å². The molecule has 2 saturated heterocycles. The maximum absolute atomic E-state index is 11.9. The van der Waals surface area contributed by atoms with Gasteiger partial charge < -0.3 is 10.6 Å². The molecular formula is C14H27N3O. The Kier molecular flexibility index (Phi) is 5.45. The predicted molar refractivity (Wildman–Crippen MR) is 73.5 cm³/mol. The van der Waals surface area contributed by atoms with Crippen LogP contribution >= 0.6 is 0 Å². The van der Waals surface area contributed by atoms with Crippen LogP contribution in [0.1, 0.15) is 38.5 Å². The van der Waals surface area contributed by atoms with E-state index >= 15 is 0 Å². The summed E-state index contributed by atoms with van der Waals surface area (Å²) in [5, 5.41) is 6.43. The molecule has 0 aromatic carbocycles. The molecule has 0 aromatic heterocycles. The Morgan fingerprint density at radius 2 is 1.94 bits per heavy atom. The Morgan fingerprint density at radius 1 is 1.17 bits per heavy atom. The molecule has 0 spiro atoms. The zero-order chi connectivity index (χ0) is 12.8. The highest BCUT2D eigenvalue weighted by Crippen LogP contribution is 2.18. The molecule has 0 aromatic rings. The van der Waals surface area contributed by atoms with E-state index < -0.39 is 0 Å². The van der Waals surface area contributed by atoms with Crippen molar-refractivity contribution in [2.24, 2.45) is 5.92 Å². The predicted octanol–water partition coefficient (Wildman–Crippen LogP) is 0.977. The fraction of sp³-hybridized carbons (Fsp3) is 0.929. The largest absolute Gasteiger partial charge is 0.355 e. The third-order valence-corrected chi connectivity index (χ3v) is 4.39. The normalized spacial score (nSPS) is 27.0. The van der Waals surface area contributed by atoms with Crippen molar-refractivity contribution in [3.63, 3.8) is 0 Å². The Bertz CT molecular complexity index is 264. The van der Waals surface area contributed by atoms with Crippen molar-refractivity contribution in [3.05, 3.63) is 0 Å². The number of likely N-dealkylation sites (N-methyl/N-ethyl adjacent to an activating group) is 1. The van der Waals surface area contributed by atoms with Gasteiger partial charge in [0.15, 0.2) is 0 Å². The first kappa shape index (κ1) is 13.8. The molecule has 104 valence electrons. The average molecular weight is 253 g/mol. The summed E-state index contributed by atoms with van der Waals surface area (Å²) in [6, 6.07) is 0.106. The van der Waals surface area contributed by atoms with Gasteiger partial charge in [0.2, 0.25) is 5.91 Å². The van der Waals surface area contributed by atoms with Crippen molar-refractivity contribution in [2.45, 2.75) is 44.6 Å². The number of hydrogen-bond donors (Lipinski definition) is 2. The van der Waals surface area contributed by atoms with E-state index in [9.17, 15) is 4.79 Å². The summed E-state index contributed by atoms with van der Waals surface area (Å²) in [5.41, 5.74) is 0. The number of hydrogen-bond acceptors (Lipinski definition) is 3. The molecule has 2 N–H and O–H groups in total. The van der Waals surface area contributed by atoms with Crippen molar-refractivity contribution >= 4 is 5.91 Å². The lowest BCUT2D eigenvalue weighted by molar-refractivity contribution is -0.125. The minimum absolute atomic E-state index is 0.106. The molecular weight excluding hydrogens is 226 g/mol. The highest BCUT2D eigenvalue weighted by molar-refractivity contribution is 5.81. The van der Waals surface area contributed by atoms with Gasteiger partial charge in [-0.05, 0) is 71.1 Å². The topological polar surface area (TPSA) is 44.4 Å². The van der Waals surface area contributed by atoms with Crippen LogP contribution in [0.3, 0.4) is 0 Å². The Morgan fingerprint density at radius 3 is 2.72 bits per heavy atom. The summed E-state index contributed by atoms with van der Waals surface area (Å²) in [7, 11) is 2.11. The van der Waals surface area contributed by atoms with Crippen LogP contribution in [0, 0.1) is 5.92 Å². The zero-order valence-corrected chi connectivity index (χ0v) is 11.6. The molecule has 2 fully saturated rings. The molecule has 18 heavy (non-hydrogen) atoms. The standard InChI is InChI=1S/C14H27N3O/c1-17(11-7-12-5-9-15-10-6-12)13-4-2-3-8-16-14(13)18/h12-13,15H,2-11H2,1H3,(H,16,18). The number of piperidine rings is 1. The molecule has 2 heterocycles. The minimum atomic E-state index is 0.106. The summed E-state index contributed by atoms with van der Waals surface area (Å²) in [6.45, 7) is 4.25. The fourth-order valence-electron chi connectivity index (χ4n) is 3.06. The van der Waals surface area contributed by atoms with Crippen LogP contribution in [0.5, 0.6) is 0 Å². The van der Waals surface area contributed by atoms with E-state index in [1.807, 2.05) is 0 Å². The maximum Gasteiger partial charge on any atom is 0.237 e. The van der Waals surface area contributed by atoms with Crippen molar-refractivity contribution in [1.29, 1.82) is 0 Å². The molecule has 4 nitrogen and oxygen atoms in total. The van der Waals surface area contributed by atoms with Gasteiger partial charge in [0, 0.05) is 6.54 Å². The first-order valence-electron chi connectivity index (χ1n) is 7.46. The Hall–Kier alpha value is -0.610. The summed E-state index contributed by atoms with van der Waals surface area (Å²) in [5.74, 6) is 1.09. The lowest BCUT2D eigenvalue weighted by Crippen LogP contribution is -2.44. The number of nitrogens with one attached hydrogen (secondary N) is 2. The lowest BCUT2D eigenvalue weighted by atomic mass is 9.94. The van der Waals surface area contributed by atoms with Crippen molar-refractivity contribution in [1.82, 2.24) is 15.5 Å². The highest BCUT2D eigenvalue weighted by Gasteiger charge is 2.25. The summed E-state index contributed by atoms with van der Waals surface area (Å²) < 4.78 is 0. The van der Waals surface area contributed by atoms with E-state index in [0.29, 0.717) is 0 Å². The smallest absolute Gasteiger partial charge is 0.237 e. The molecule has 1 amide bonds. The van der Waals surface area contributed by atoms with E-state index in [1.165, 1.54) is 25.7 Å². The Labute approximate surface area is 110 Å². The SMILES string of the molecule is CN(CCC1CCNCC1)C1CCCCNC1=O. The number of nitrogens with zero attached hydrogens (tertiary/aromatic N) is 1. The summed E-state index contributed by atoms with van der Waals surface area (Å²) in [4.78, 5) is 14.2. The maximum atomic E-state index is 11.9. The van der Waals surface area contributed by atoms with Crippen LogP contribution in [0.15, 0.2) is 0 Å². The second kappa shape index (κ2) is 7.10. The van der Waals surface area contributed by atoms with Gasteiger partial charge in [0.05, 0.1) is 6.04 Å². The third-order valence-electron chi connectivity index (χ3n) is 4.39. The van der Waals surface area contributed by atoms with Crippen LogP contribution in [0.2, 0.25) is 0 Å². The van der Waals surface area contributed by atoms with Gasteiger partial charge in [-0.3, -0.25) is 9.69 Å². The zero-order valence-electron chi connectivity index (χ0n) is 11.6. The minimum Gasteiger partial charge on any atom is -0.355 e. The number of carbonyl (C=O) groups excluding carboxylic acids is 1. The van der Waals surface area contributed by atoms with Crippen LogP contribution in [0.4, 0.5) is 0 Å². The molecule has 1 unspecified atom stereocenters. The quantitative estimate of drug-likeness (QED) is 0.785. The highest BCUT2D eigenvalue weighted by atomic mass is 16.2. The molecule has 2 aliphatic rings. The van der Waals surface area contributed by atoms with Gasteiger partial charge in [0.25, 0.3) is 0 Å². The van der Waals surface area contributed by atoms with Crippen LogP contribution in [-0.4, -0.2) is 50.1 Å². The number of amides is 1. The van der Waals surface area contributed by atoms with E-state index in [4.69, 9.17) is 0 Å². The van der Waals surface area contributed by atoms with E-state index in [1.54, 1.807) is 0 Å². The van der Waals surface area contributed by atoms with E-state index in [0.717, 1.165) is 44.9 Å². The fourth-order valence-corrected chi connectivity index (χ4v) is 3.06. The number of rotatable bonds is 4.